The normalized spacial score (nSPS) is 11.1. The Balaban J connectivity index is 2.90. The Hall–Kier alpha value is -0.760. The molecule has 0 fully saturated rings. The summed E-state index contributed by atoms with van der Waals surface area (Å²) in [6, 6.07) is 0. The summed E-state index contributed by atoms with van der Waals surface area (Å²) in [5, 5.41) is 0. The van der Waals surface area contributed by atoms with Crippen molar-refractivity contribution in [2.24, 2.45) is 5.84 Å². The Morgan fingerprint density at radius 3 is 1.05 bits per heavy atom. The Morgan fingerprint density at radius 1 is 0.476 bits per heavy atom. The van der Waals surface area contributed by atoms with E-state index >= 15 is 0 Å². The molecule has 0 aromatic rings. The molecule has 0 atom stereocenters. The zero-order valence-corrected chi connectivity index (χ0v) is 11.3. The van der Waals surface area contributed by atoms with E-state index in [2.05, 4.69) is 99.5 Å². The molecule has 0 aromatic carbocycles. The van der Waals surface area contributed by atoms with Crippen molar-refractivity contribution < 1.29 is 0 Å². The summed E-state index contributed by atoms with van der Waals surface area (Å²) in [4.78, 5) is 0. The Kier molecular flexibility index (Phi) is 18.5. The van der Waals surface area contributed by atoms with Crippen LogP contribution in [-0.2, 0) is 0 Å². The minimum atomic E-state index is 0.775. The number of hydrogen-bond acceptors (Lipinski definition) is 19. The van der Waals surface area contributed by atoms with Crippen molar-refractivity contribution in [1.82, 2.24) is 99.5 Å². The van der Waals surface area contributed by atoms with Gasteiger partial charge >= 0.3 is 0 Å². The summed E-state index contributed by atoms with van der Waals surface area (Å²) in [7, 11) is 0. The predicted molar refractivity (Wildman–Crippen MR) is 71.2 cm³/mol. The third kappa shape index (κ3) is 19.2. The zero-order valence-electron chi connectivity index (χ0n) is 11.3. The number of nitrogens with one attached hydrogen (secondary N) is 18. The second-order valence-corrected chi connectivity index (χ2v) is 2.67. The first-order valence-electron chi connectivity index (χ1n) is 5.60. The van der Waals surface area contributed by atoms with E-state index in [0.29, 0.717) is 0 Å². The highest BCUT2D eigenvalue weighted by Gasteiger charge is 1.83. The molecule has 0 saturated carbocycles. The van der Waals surface area contributed by atoms with Crippen molar-refractivity contribution >= 4 is 0 Å². The molecule has 0 amide bonds. The molecule has 128 valence electrons. The second kappa shape index (κ2) is 19.2. The van der Waals surface area contributed by atoms with E-state index in [1.807, 2.05) is 6.92 Å². The van der Waals surface area contributed by atoms with Gasteiger partial charge in [-0.1, -0.05) is 6.92 Å². The lowest BCUT2D eigenvalue weighted by atomic mass is 10.8. The van der Waals surface area contributed by atoms with E-state index in [1.165, 1.54) is 0 Å². The maximum atomic E-state index is 4.90. The van der Waals surface area contributed by atoms with Crippen molar-refractivity contribution in [1.29, 1.82) is 0 Å². The van der Waals surface area contributed by atoms with Gasteiger partial charge in [0.25, 0.3) is 0 Å². The van der Waals surface area contributed by atoms with Crippen molar-refractivity contribution in [3.63, 3.8) is 0 Å². The van der Waals surface area contributed by atoms with Crippen LogP contribution in [0.4, 0.5) is 0 Å². The van der Waals surface area contributed by atoms with Crippen LogP contribution in [0, 0.1) is 0 Å². The molecular weight excluding hydrogens is 290 g/mol. The second-order valence-electron chi connectivity index (χ2n) is 2.67. The number of hydrazine groups is 18. The number of hydrogen-bond donors (Lipinski definition) is 19. The van der Waals surface area contributed by atoms with Gasteiger partial charge < -0.3 is 0 Å². The van der Waals surface area contributed by atoms with Crippen LogP contribution in [0.25, 0.3) is 0 Å². The Labute approximate surface area is 120 Å². The van der Waals surface area contributed by atoms with E-state index < -0.39 is 0 Å². The lowest BCUT2D eigenvalue weighted by molar-refractivity contribution is 0.197. The monoisotopic (exact) mass is 315 g/mol. The van der Waals surface area contributed by atoms with Gasteiger partial charge in [0, 0.05) is 6.54 Å². The molecule has 0 aliphatic heterocycles. The van der Waals surface area contributed by atoms with Gasteiger partial charge in [-0.3, -0.25) is 5.84 Å². The van der Waals surface area contributed by atoms with Crippen LogP contribution in [0.2, 0.25) is 0 Å². The van der Waals surface area contributed by atoms with Gasteiger partial charge in [-0.25, -0.2) is 5.43 Å². The van der Waals surface area contributed by atoms with Crippen molar-refractivity contribution in [2.45, 2.75) is 6.92 Å². The topological polar surface area (TPSA) is 243 Å². The molecule has 0 spiro atoms. The number of rotatable bonds is 18. The Bertz CT molecular complexity index is 153. The molecule has 0 bridgehead atoms. The number of nitrogens with two attached hydrogens (primary N) is 1. The molecule has 0 unspecified atom stereocenters. The van der Waals surface area contributed by atoms with Crippen LogP contribution in [0.1, 0.15) is 6.92 Å². The highest BCUT2D eigenvalue weighted by molar-refractivity contribution is 4.21. The van der Waals surface area contributed by atoms with E-state index in [9.17, 15) is 0 Å². The average molecular weight is 315 g/mol. The smallest absolute Gasteiger partial charge is 0.00850 e. The largest absolute Gasteiger partial charge is 0.257 e. The van der Waals surface area contributed by atoms with Gasteiger partial charge in [-0.15, -0.1) is 0 Å². The van der Waals surface area contributed by atoms with Crippen LogP contribution in [0.5, 0.6) is 0 Å². The van der Waals surface area contributed by atoms with Gasteiger partial charge in [-0.05, 0) is 0 Å². The van der Waals surface area contributed by atoms with Crippen molar-refractivity contribution in [2.75, 3.05) is 6.54 Å². The zero-order chi connectivity index (χ0) is 15.4. The molecule has 0 saturated heterocycles. The first-order valence-corrected chi connectivity index (χ1v) is 5.60. The summed E-state index contributed by atoms with van der Waals surface area (Å²) in [5.41, 5.74) is 44.9. The fraction of sp³-hybridized carbons (Fsp3) is 1.00. The van der Waals surface area contributed by atoms with E-state index in [1.54, 1.807) is 0 Å². The SMILES string of the molecule is CCNNNNNNNNNNNNNNNNNNN. The lowest BCUT2D eigenvalue weighted by Gasteiger charge is -2.14. The summed E-state index contributed by atoms with van der Waals surface area (Å²) in [6.45, 7) is 2.72. The van der Waals surface area contributed by atoms with Gasteiger partial charge in [0.15, 0.2) is 0 Å². The fourth-order valence-corrected chi connectivity index (χ4v) is 0.606. The van der Waals surface area contributed by atoms with Crippen LogP contribution in [-0.4, -0.2) is 6.54 Å². The van der Waals surface area contributed by atoms with Crippen molar-refractivity contribution in [3.8, 4) is 0 Å². The molecule has 21 heavy (non-hydrogen) atoms. The standard InChI is InChI=1S/C2H25N19/c1-2-4-6-8-10-12-14-16-18-20-21-19-17-15-13-11-9-7-5-3/h4-21H,2-3H2,1H3. The highest BCUT2D eigenvalue weighted by Crippen LogP contribution is 1.38. The first-order chi connectivity index (χ1) is 10.4. The molecule has 0 radical (unpaired) electrons. The van der Waals surface area contributed by atoms with Gasteiger partial charge in [0.1, 0.15) is 0 Å². The molecule has 0 aliphatic rings. The lowest BCUT2D eigenvalue weighted by Crippen LogP contribution is -2.69. The van der Waals surface area contributed by atoms with Crippen LogP contribution < -0.4 is 105 Å². The maximum Gasteiger partial charge on any atom is 0.00850 e. The van der Waals surface area contributed by atoms with Crippen molar-refractivity contribution in [3.05, 3.63) is 0 Å². The van der Waals surface area contributed by atoms with Gasteiger partial charge in [0.05, 0.1) is 0 Å². The van der Waals surface area contributed by atoms with Crippen LogP contribution in [0.3, 0.4) is 0 Å². The summed E-state index contributed by atoms with van der Waals surface area (Å²) >= 11 is 0. The molecule has 19 heteroatoms. The fourth-order valence-electron chi connectivity index (χ4n) is 0.606. The Morgan fingerprint density at radius 2 is 0.762 bits per heavy atom. The molecule has 20 N–H and O–H groups in total. The predicted octanol–water partition coefficient (Wildman–Crippen LogP) is -8.95. The van der Waals surface area contributed by atoms with E-state index in [0.717, 1.165) is 6.54 Å². The third-order valence-electron chi connectivity index (χ3n) is 1.27. The van der Waals surface area contributed by atoms with E-state index in [-0.39, 0.29) is 0 Å². The molecule has 0 aliphatic carbocycles. The molecular formula is C2H25N19. The van der Waals surface area contributed by atoms with Crippen LogP contribution >= 0.6 is 0 Å². The molecule has 19 nitrogen and oxygen atoms in total. The highest BCUT2D eigenvalue weighted by atomic mass is 16.0. The third-order valence-corrected chi connectivity index (χ3v) is 1.27. The minimum Gasteiger partial charge on any atom is -0.257 e. The molecule has 0 rings (SSSR count). The van der Waals surface area contributed by atoms with Gasteiger partial charge in [-0.2, -0.15) is 94.1 Å². The van der Waals surface area contributed by atoms with Crippen LogP contribution in [0.15, 0.2) is 0 Å². The quantitative estimate of drug-likeness (QED) is 0.0637. The van der Waals surface area contributed by atoms with Gasteiger partial charge in [0.2, 0.25) is 0 Å². The maximum absolute atomic E-state index is 4.90. The summed E-state index contributed by atoms with van der Waals surface area (Å²) in [6.07, 6.45) is 0. The summed E-state index contributed by atoms with van der Waals surface area (Å²) < 4.78 is 0. The molecule has 0 heterocycles. The van der Waals surface area contributed by atoms with E-state index in [4.69, 9.17) is 5.84 Å². The minimum absolute atomic E-state index is 0.775. The average Bonchev–Trinajstić information content (AvgIpc) is 2.50. The first kappa shape index (κ1) is 20.2. The molecule has 0 aromatic heterocycles. The summed E-state index contributed by atoms with van der Waals surface area (Å²) in [5.74, 6) is 4.90.